The fourth-order valence-electron chi connectivity index (χ4n) is 3.37. The summed E-state index contributed by atoms with van der Waals surface area (Å²) in [6, 6.07) is 6.31. The number of nitrogens with zero attached hydrogens (tertiary/aromatic N) is 3. The molecule has 2 heterocycles. The topological polar surface area (TPSA) is 180 Å². The van der Waals surface area contributed by atoms with Crippen molar-refractivity contribution in [3.8, 4) is 17.1 Å². The standard InChI is InChI=1S/C20H21N5O6/c21-18(22)13-7-23-19(24-8-13)11-1-3-15(4-2-11)31-10-14-5-12(6-16(26)27)20(30)25(14)9-17(28)29/h1-4,7-8,12,14H,5-6,9-10H2,(H3,21,22)(H,26,27)(H,28,29)/t12-,14-/m0/s1. The summed E-state index contributed by atoms with van der Waals surface area (Å²) in [6.45, 7) is -0.464. The molecular weight excluding hydrogens is 406 g/mol. The van der Waals surface area contributed by atoms with Gasteiger partial charge in [-0.05, 0) is 30.7 Å². The lowest BCUT2D eigenvalue weighted by molar-refractivity contribution is -0.146. The van der Waals surface area contributed by atoms with Gasteiger partial charge in [0.1, 0.15) is 24.7 Å². The molecule has 1 fully saturated rings. The fourth-order valence-corrected chi connectivity index (χ4v) is 3.37. The quantitative estimate of drug-likeness (QED) is 0.329. The van der Waals surface area contributed by atoms with Crippen LogP contribution < -0.4 is 10.5 Å². The Balaban J connectivity index is 1.65. The molecule has 11 heteroatoms. The van der Waals surface area contributed by atoms with E-state index in [4.69, 9.17) is 26.1 Å². The Morgan fingerprint density at radius 3 is 2.35 bits per heavy atom. The summed E-state index contributed by atoms with van der Waals surface area (Å²) in [5, 5.41) is 25.4. The van der Waals surface area contributed by atoms with Gasteiger partial charge in [0.25, 0.3) is 0 Å². The zero-order chi connectivity index (χ0) is 22.5. The lowest BCUT2D eigenvalue weighted by Gasteiger charge is -2.23. The molecule has 0 saturated carbocycles. The maximum absolute atomic E-state index is 12.4. The first-order valence-electron chi connectivity index (χ1n) is 9.38. The van der Waals surface area contributed by atoms with Crippen molar-refractivity contribution >= 4 is 23.7 Å². The molecule has 0 radical (unpaired) electrons. The third kappa shape index (κ3) is 5.32. The van der Waals surface area contributed by atoms with Gasteiger partial charge in [0.15, 0.2) is 5.82 Å². The van der Waals surface area contributed by atoms with Gasteiger partial charge in [-0.25, -0.2) is 9.97 Å². The number of carboxylic acid groups (broad SMARTS) is 2. The van der Waals surface area contributed by atoms with E-state index in [0.717, 1.165) is 4.90 Å². The summed E-state index contributed by atoms with van der Waals surface area (Å²) >= 11 is 0. The van der Waals surface area contributed by atoms with Crippen LogP contribution in [-0.2, 0) is 14.4 Å². The molecule has 3 rings (SSSR count). The average Bonchev–Trinajstić information content (AvgIpc) is 3.00. The van der Waals surface area contributed by atoms with Gasteiger partial charge in [-0.3, -0.25) is 19.8 Å². The number of benzene rings is 1. The number of amides is 1. The molecule has 5 N–H and O–H groups in total. The van der Waals surface area contributed by atoms with Crippen molar-refractivity contribution in [2.24, 2.45) is 11.7 Å². The van der Waals surface area contributed by atoms with Crippen molar-refractivity contribution in [1.82, 2.24) is 14.9 Å². The summed E-state index contributed by atoms with van der Waals surface area (Å²) in [5.74, 6) is -2.71. The SMILES string of the molecule is N=C(N)c1cnc(-c2ccc(OC[C@@H]3C[C@@H](CC(=O)O)C(=O)N3CC(=O)O)cc2)nc1. The Morgan fingerprint density at radius 2 is 1.81 bits per heavy atom. The molecule has 162 valence electrons. The monoisotopic (exact) mass is 427 g/mol. The van der Waals surface area contributed by atoms with Gasteiger partial charge in [-0.1, -0.05) is 0 Å². The van der Waals surface area contributed by atoms with Crippen molar-refractivity contribution in [2.45, 2.75) is 18.9 Å². The highest BCUT2D eigenvalue weighted by Gasteiger charge is 2.41. The number of nitrogens with one attached hydrogen (secondary N) is 1. The Morgan fingerprint density at radius 1 is 1.16 bits per heavy atom. The zero-order valence-corrected chi connectivity index (χ0v) is 16.4. The minimum atomic E-state index is -1.17. The smallest absolute Gasteiger partial charge is 0.323 e. The summed E-state index contributed by atoms with van der Waals surface area (Å²) in [7, 11) is 0. The molecule has 31 heavy (non-hydrogen) atoms. The molecule has 1 aromatic heterocycles. The van der Waals surface area contributed by atoms with Gasteiger partial charge in [0.2, 0.25) is 5.91 Å². The molecule has 1 aliphatic heterocycles. The van der Waals surface area contributed by atoms with E-state index in [9.17, 15) is 14.4 Å². The molecular formula is C20H21N5O6. The van der Waals surface area contributed by atoms with E-state index in [-0.39, 0.29) is 25.3 Å². The van der Waals surface area contributed by atoms with Crippen LogP contribution in [0.2, 0.25) is 0 Å². The largest absolute Gasteiger partial charge is 0.491 e. The summed E-state index contributed by atoms with van der Waals surface area (Å²) in [5.41, 5.74) is 6.52. The lowest BCUT2D eigenvalue weighted by atomic mass is 10.0. The summed E-state index contributed by atoms with van der Waals surface area (Å²) in [4.78, 5) is 43.9. The van der Waals surface area contributed by atoms with Crippen LogP contribution in [0.15, 0.2) is 36.7 Å². The summed E-state index contributed by atoms with van der Waals surface area (Å²) in [6.07, 6.45) is 2.78. The molecule has 0 bridgehead atoms. The van der Waals surface area contributed by atoms with E-state index >= 15 is 0 Å². The second kappa shape index (κ2) is 9.20. The number of rotatable bonds is 9. The molecule has 1 amide bonds. The highest BCUT2D eigenvalue weighted by atomic mass is 16.5. The third-order valence-electron chi connectivity index (χ3n) is 4.87. The molecule has 2 aromatic rings. The number of carboxylic acids is 2. The van der Waals surface area contributed by atoms with E-state index in [0.29, 0.717) is 22.7 Å². The first-order chi connectivity index (χ1) is 14.7. The molecule has 2 atom stereocenters. The number of aromatic nitrogens is 2. The van der Waals surface area contributed by atoms with Crippen molar-refractivity contribution in [2.75, 3.05) is 13.2 Å². The third-order valence-corrected chi connectivity index (χ3v) is 4.87. The van der Waals surface area contributed by atoms with Crippen LogP contribution in [0, 0.1) is 11.3 Å². The second-order valence-electron chi connectivity index (χ2n) is 7.09. The maximum Gasteiger partial charge on any atom is 0.323 e. The van der Waals surface area contributed by atoms with Crippen molar-refractivity contribution in [3.63, 3.8) is 0 Å². The van der Waals surface area contributed by atoms with Gasteiger partial charge >= 0.3 is 11.9 Å². The number of aliphatic carboxylic acids is 2. The van der Waals surface area contributed by atoms with Gasteiger partial charge < -0.3 is 25.6 Å². The van der Waals surface area contributed by atoms with Crippen LogP contribution in [0.25, 0.3) is 11.4 Å². The van der Waals surface area contributed by atoms with E-state index in [2.05, 4.69) is 9.97 Å². The lowest BCUT2D eigenvalue weighted by Crippen LogP contribution is -2.41. The molecule has 1 aromatic carbocycles. The van der Waals surface area contributed by atoms with E-state index in [1.54, 1.807) is 24.3 Å². The van der Waals surface area contributed by atoms with Crippen LogP contribution in [0.5, 0.6) is 5.75 Å². The first kappa shape index (κ1) is 21.7. The number of hydrogen-bond acceptors (Lipinski definition) is 7. The minimum Gasteiger partial charge on any atom is -0.491 e. The van der Waals surface area contributed by atoms with Gasteiger partial charge in [0, 0.05) is 18.0 Å². The normalized spacial score (nSPS) is 18.1. The Kier molecular flexibility index (Phi) is 6.43. The predicted octanol–water partition coefficient (Wildman–Crippen LogP) is 0.583. The van der Waals surface area contributed by atoms with Crippen molar-refractivity contribution < 1.29 is 29.3 Å². The molecule has 1 aliphatic rings. The molecule has 0 spiro atoms. The first-order valence-corrected chi connectivity index (χ1v) is 9.38. The van der Waals surface area contributed by atoms with Crippen LogP contribution >= 0.6 is 0 Å². The molecule has 1 saturated heterocycles. The minimum absolute atomic E-state index is 0.0400. The van der Waals surface area contributed by atoms with Crippen LogP contribution in [0.4, 0.5) is 0 Å². The number of carbonyl (C=O) groups excluding carboxylic acids is 1. The number of ether oxygens (including phenoxy) is 1. The highest BCUT2D eigenvalue weighted by Crippen LogP contribution is 2.28. The second-order valence-corrected chi connectivity index (χ2v) is 7.09. The van der Waals surface area contributed by atoms with Crippen LogP contribution in [0.1, 0.15) is 18.4 Å². The number of nitrogens with two attached hydrogens (primary N) is 1. The Hall–Kier alpha value is -4.02. The zero-order valence-electron chi connectivity index (χ0n) is 16.4. The van der Waals surface area contributed by atoms with E-state index in [1.165, 1.54) is 12.4 Å². The average molecular weight is 427 g/mol. The number of likely N-dealkylation sites (tertiary alicyclic amines) is 1. The number of carbonyl (C=O) groups is 3. The van der Waals surface area contributed by atoms with Crippen LogP contribution in [-0.4, -0.2) is 68.0 Å². The number of nitrogen functional groups attached to an aromatic ring is 1. The Bertz CT molecular complexity index is 992. The van der Waals surface area contributed by atoms with Crippen molar-refractivity contribution in [1.29, 1.82) is 5.41 Å². The van der Waals surface area contributed by atoms with E-state index < -0.39 is 36.4 Å². The highest BCUT2D eigenvalue weighted by molar-refractivity contribution is 5.94. The summed E-state index contributed by atoms with van der Waals surface area (Å²) < 4.78 is 5.73. The number of amidine groups is 1. The number of hydrogen-bond donors (Lipinski definition) is 4. The van der Waals surface area contributed by atoms with E-state index in [1.807, 2.05) is 0 Å². The van der Waals surface area contributed by atoms with Gasteiger partial charge in [-0.2, -0.15) is 0 Å². The molecule has 0 aliphatic carbocycles. The molecule has 0 unspecified atom stereocenters. The van der Waals surface area contributed by atoms with Gasteiger partial charge in [0.05, 0.1) is 23.9 Å². The molecule has 11 nitrogen and oxygen atoms in total. The predicted molar refractivity (Wildman–Crippen MR) is 107 cm³/mol. The fraction of sp³-hybridized carbons (Fsp3) is 0.300. The van der Waals surface area contributed by atoms with Crippen LogP contribution in [0.3, 0.4) is 0 Å². The Labute approximate surface area is 177 Å². The maximum atomic E-state index is 12.4. The van der Waals surface area contributed by atoms with Crippen molar-refractivity contribution in [3.05, 3.63) is 42.2 Å². The van der Waals surface area contributed by atoms with Gasteiger partial charge in [-0.15, -0.1) is 0 Å².